The molecule has 1 aliphatic heterocycles. The van der Waals surface area contributed by atoms with Gasteiger partial charge in [0.05, 0.1) is 18.1 Å². The Balaban J connectivity index is 1.75. The fourth-order valence-electron chi connectivity index (χ4n) is 2.97. The van der Waals surface area contributed by atoms with Crippen LogP contribution in [0, 0.1) is 5.41 Å². The second kappa shape index (κ2) is 5.26. The van der Waals surface area contributed by atoms with Gasteiger partial charge in [0.25, 0.3) is 0 Å². The first kappa shape index (κ1) is 14.3. The van der Waals surface area contributed by atoms with Gasteiger partial charge in [-0.1, -0.05) is 20.3 Å². The molecule has 0 unspecified atom stereocenters. The minimum absolute atomic E-state index is 0.502. The van der Waals surface area contributed by atoms with Crippen molar-refractivity contribution < 1.29 is 0 Å². The molecular formula is C15H24N6. The number of nitrogens with two attached hydrogens (primary N) is 1. The number of aryl methyl sites for hydroxylation is 1. The zero-order valence-corrected chi connectivity index (χ0v) is 13.1. The Morgan fingerprint density at radius 2 is 2.00 bits per heavy atom. The third kappa shape index (κ3) is 2.72. The van der Waals surface area contributed by atoms with E-state index in [4.69, 9.17) is 5.73 Å². The number of nitrogen functional groups attached to an aromatic ring is 1. The minimum Gasteiger partial charge on any atom is -0.383 e. The molecule has 1 aliphatic rings. The maximum Gasteiger partial charge on any atom is 0.163 e. The standard InChI is InChI=1S/C15H24N6/c1-4-15(2)5-7-21(8-6-15)10-12-18-13(16)11-9-17-20(3)14(11)19-12/h9H,4-8,10H2,1-3H3,(H2,16,18,19). The van der Waals surface area contributed by atoms with Crippen molar-refractivity contribution in [2.45, 2.75) is 39.7 Å². The normalized spacial score (nSPS) is 19.2. The Hall–Kier alpha value is -1.69. The lowest BCUT2D eigenvalue weighted by atomic mass is 9.78. The number of hydrogen-bond acceptors (Lipinski definition) is 5. The van der Waals surface area contributed by atoms with E-state index >= 15 is 0 Å². The molecule has 1 fully saturated rings. The van der Waals surface area contributed by atoms with E-state index in [0.717, 1.165) is 36.5 Å². The number of rotatable bonds is 3. The van der Waals surface area contributed by atoms with Gasteiger partial charge in [-0.25, -0.2) is 9.97 Å². The van der Waals surface area contributed by atoms with Gasteiger partial charge >= 0.3 is 0 Å². The number of aromatic nitrogens is 4. The molecule has 1 saturated heterocycles. The summed E-state index contributed by atoms with van der Waals surface area (Å²) in [6.45, 7) is 7.66. The van der Waals surface area contributed by atoms with Gasteiger partial charge in [0.2, 0.25) is 0 Å². The van der Waals surface area contributed by atoms with Crippen LogP contribution in [0.3, 0.4) is 0 Å². The number of likely N-dealkylation sites (tertiary alicyclic amines) is 1. The molecule has 0 aromatic carbocycles. The molecule has 0 radical (unpaired) electrons. The van der Waals surface area contributed by atoms with Crippen LogP contribution < -0.4 is 5.73 Å². The summed E-state index contributed by atoms with van der Waals surface area (Å²) in [4.78, 5) is 11.5. The van der Waals surface area contributed by atoms with E-state index in [1.165, 1.54) is 19.3 Å². The van der Waals surface area contributed by atoms with Gasteiger partial charge in [0.1, 0.15) is 11.6 Å². The highest BCUT2D eigenvalue weighted by Crippen LogP contribution is 2.34. The number of nitrogens with zero attached hydrogens (tertiary/aromatic N) is 5. The topological polar surface area (TPSA) is 72.9 Å². The molecule has 0 amide bonds. The third-order valence-corrected chi connectivity index (χ3v) is 4.95. The minimum atomic E-state index is 0.502. The van der Waals surface area contributed by atoms with E-state index in [-0.39, 0.29) is 0 Å². The van der Waals surface area contributed by atoms with Gasteiger partial charge in [0.15, 0.2) is 5.65 Å². The van der Waals surface area contributed by atoms with Gasteiger partial charge in [0, 0.05) is 7.05 Å². The number of hydrogen-bond donors (Lipinski definition) is 1. The quantitative estimate of drug-likeness (QED) is 0.934. The van der Waals surface area contributed by atoms with Crippen LogP contribution in [0.25, 0.3) is 11.0 Å². The van der Waals surface area contributed by atoms with Crippen molar-refractivity contribution in [2.75, 3.05) is 18.8 Å². The van der Waals surface area contributed by atoms with Crippen LogP contribution >= 0.6 is 0 Å². The summed E-state index contributed by atoms with van der Waals surface area (Å²) in [6.07, 6.45) is 5.47. The highest BCUT2D eigenvalue weighted by molar-refractivity contribution is 5.84. The number of anilines is 1. The van der Waals surface area contributed by atoms with Crippen LogP contribution in [-0.4, -0.2) is 37.7 Å². The highest BCUT2D eigenvalue weighted by atomic mass is 15.3. The van der Waals surface area contributed by atoms with Gasteiger partial charge in [-0.2, -0.15) is 5.10 Å². The molecule has 6 nitrogen and oxygen atoms in total. The summed E-state index contributed by atoms with van der Waals surface area (Å²) in [5.74, 6) is 1.32. The van der Waals surface area contributed by atoms with Crippen molar-refractivity contribution in [3.05, 3.63) is 12.0 Å². The highest BCUT2D eigenvalue weighted by Gasteiger charge is 2.28. The van der Waals surface area contributed by atoms with Crippen molar-refractivity contribution in [3.8, 4) is 0 Å². The molecule has 2 N–H and O–H groups in total. The molecule has 0 aliphatic carbocycles. The van der Waals surface area contributed by atoms with Crippen LogP contribution in [0.4, 0.5) is 5.82 Å². The van der Waals surface area contributed by atoms with E-state index in [1.807, 2.05) is 7.05 Å². The first-order valence-corrected chi connectivity index (χ1v) is 7.67. The van der Waals surface area contributed by atoms with Crippen molar-refractivity contribution in [3.63, 3.8) is 0 Å². The second-order valence-electron chi connectivity index (χ2n) is 6.47. The van der Waals surface area contributed by atoms with Crippen LogP contribution in [0.1, 0.15) is 38.9 Å². The lowest BCUT2D eigenvalue weighted by Crippen LogP contribution is -2.38. The maximum absolute atomic E-state index is 6.02. The molecule has 114 valence electrons. The maximum atomic E-state index is 6.02. The molecule has 0 atom stereocenters. The number of fused-ring (bicyclic) bond motifs is 1. The summed E-state index contributed by atoms with van der Waals surface area (Å²) in [7, 11) is 1.88. The SMILES string of the molecule is CCC1(C)CCN(Cc2nc(N)c3cnn(C)c3n2)CC1. The summed E-state index contributed by atoms with van der Waals surface area (Å²) in [5, 5.41) is 5.03. The Labute approximate surface area is 125 Å². The van der Waals surface area contributed by atoms with E-state index in [2.05, 4.69) is 33.8 Å². The van der Waals surface area contributed by atoms with Crippen molar-refractivity contribution >= 4 is 16.9 Å². The Morgan fingerprint density at radius 3 is 2.67 bits per heavy atom. The monoisotopic (exact) mass is 288 g/mol. The first-order valence-electron chi connectivity index (χ1n) is 7.67. The van der Waals surface area contributed by atoms with Gasteiger partial charge in [-0.3, -0.25) is 9.58 Å². The van der Waals surface area contributed by atoms with Gasteiger partial charge in [-0.15, -0.1) is 0 Å². The summed E-state index contributed by atoms with van der Waals surface area (Å²) < 4.78 is 1.75. The second-order valence-corrected chi connectivity index (χ2v) is 6.47. The largest absolute Gasteiger partial charge is 0.383 e. The molecule has 3 rings (SSSR count). The average molecular weight is 288 g/mol. The van der Waals surface area contributed by atoms with E-state index < -0.39 is 0 Å². The van der Waals surface area contributed by atoms with Crippen LogP contribution in [0.5, 0.6) is 0 Å². The Kier molecular flexibility index (Phi) is 3.57. The smallest absolute Gasteiger partial charge is 0.163 e. The van der Waals surface area contributed by atoms with Crippen molar-refractivity contribution in [1.29, 1.82) is 0 Å². The molecule has 3 heterocycles. The third-order valence-electron chi connectivity index (χ3n) is 4.95. The first-order chi connectivity index (χ1) is 10.0. The average Bonchev–Trinajstić information content (AvgIpc) is 2.84. The van der Waals surface area contributed by atoms with E-state index in [0.29, 0.717) is 11.2 Å². The zero-order valence-electron chi connectivity index (χ0n) is 13.1. The van der Waals surface area contributed by atoms with Gasteiger partial charge in [-0.05, 0) is 31.3 Å². The van der Waals surface area contributed by atoms with Crippen molar-refractivity contribution in [1.82, 2.24) is 24.6 Å². The zero-order chi connectivity index (χ0) is 15.0. The summed E-state index contributed by atoms with van der Waals surface area (Å²) in [6, 6.07) is 0. The van der Waals surface area contributed by atoms with Crippen molar-refractivity contribution in [2.24, 2.45) is 12.5 Å². The summed E-state index contributed by atoms with van der Waals surface area (Å²) in [5.41, 5.74) is 7.33. The van der Waals surface area contributed by atoms with Gasteiger partial charge < -0.3 is 5.73 Å². The molecule has 0 saturated carbocycles. The lowest BCUT2D eigenvalue weighted by molar-refractivity contribution is 0.108. The fourth-order valence-corrected chi connectivity index (χ4v) is 2.97. The molecule has 2 aromatic heterocycles. The van der Waals surface area contributed by atoms with E-state index in [1.54, 1.807) is 10.9 Å². The Morgan fingerprint density at radius 1 is 1.29 bits per heavy atom. The summed E-state index contributed by atoms with van der Waals surface area (Å²) >= 11 is 0. The lowest BCUT2D eigenvalue weighted by Gasteiger charge is -2.38. The predicted molar refractivity (Wildman–Crippen MR) is 83.6 cm³/mol. The predicted octanol–water partition coefficient (Wildman–Crippen LogP) is 1.96. The van der Waals surface area contributed by atoms with E-state index in [9.17, 15) is 0 Å². The van der Waals surface area contributed by atoms with Crippen LogP contribution in [0.2, 0.25) is 0 Å². The molecular weight excluding hydrogens is 264 g/mol. The fraction of sp³-hybridized carbons (Fsp3) is 0.667. The van der Waals surface area contributed by atoms with Crippen LogP contribution in [-0.2, 0) is 13.6 Å². The van der Waals surface area contributed by atoms with Crippen LogP contribution in [0.15, 0.2) is 6.20 Å². The molecule has 2 aromatic rings. The molecule has 0 bridgehead atoms. The molecule has 6 heteroatoms. The molecule has 21 heavy (non-hydrogen) atoms. The molecule has 0 spiro atoms. The Bertz CT molecular complexity index is 639. The number of piperidine rings is 1.